The van der Waals surface area contributed by atoms with Crippen LogP contribution in [0.25, 0.3) is 11.0 Å². The molecule has 2 aliphatic heterocycles. The normalized spacial score (nSPS) is 16.9. The highest BCUT2D eigenvalue weighted by atomic mass is 35.5. The van der Waals surface area contributed by atoms with E-state index >= 15 is 0 Å². The van der Waals surface area contributed by atoms with Crippen molar-refractivity contribution in [3.63, 3.8) is 0 Å². The number of nitrogens with zero attached hydrogens (tertiary/aromatic N) is 5. The fourth-order valence-electron chi connectivity index (χ4n) is 4.07. The number of carbonyl (C=O) groups is 1. The zero-order valence-electron chi connectivity index (χ0n) is 16.0. The van der Waals surface area contributed by atoms with Crippen LogP contribution in [0.15, 0.2) is 49.3 Å². The quantitative estimate of drug-likeness (QED) is 0.646. The molecule has 2 fully saturated rings. The highest BCUT2D eigenvalue weighted by Gasteiger charge is 2.55. The molecule has 0 unspecified atom stereocenters. The van der Waals surface area contributed by atoms with Crippen LogP contribution in [0.2, 0.25) is 5.02 Å². The van der Waals surface area contributed by atoms with Gasteiger partial charge in [0.2, 0.25) is 5.91 Å². The summed E-state index contributed by atoms with van der Waals surface area (Å²) in [6, 6.07) is 8.48. The van der Waals surface area contributed by atoms with Gasteiger partial charge in [0, 0.05) is 19.6 Å². The molecule has 1 N–H and O–H groups in total. The van der Waals surface area contributed by atoms with Crippen LogP contribution >= 0.6 is 11.6 Å². The summed E-state index contributed by atoms with van der Waals surface area (Å²) in [6.07, 6.45) is 3.74. The fraction of sp³-hybridized carbons (Fsp3) is 0.238. The van der Waals surface area contributed by atoms with Crippen molar-refractivity contribution in [2.75, 3.05) is 29.9 Å². The van der Waals surface area contributed by atoms with E-state index < -0.39 is 5.82 Å². The van der Waals surface area contributed by atoms with Gasteiger partial charge >= 0.3 is 0 Å². The van der Waals surface area contributed by atoms with Gasteiger partial charge in [-0.3, -0.25) is 4.79 Å². The second kappa shape index (κ2) is 6.91. The van der Waals surface area contributed by atoms with E-state index in [1.165, 1.54) is 18.5 Å². The molecule has 1 amide bonds. The molecule has 2 aliphatic rings. The second-order valence-electron chi connectivity index (χ2n) is 7.51. The molecule has 30 heavy (non-hydrogen) atoms. The van der Waals surface area contributed by atoms with Crippen molar-refractivity contribution in [2.45, 2.75) is 12.0 Å². The molecule has 152 valence electrons. The number of anilines is 3. The lowest BCUT2D eigenvalue weighted by Gasteiger charge is -2.62. The molecule has 1 aromatic carbocycles. The lowest BCUT2D eigenvalue weighted by Crippen LogP contribution is -2.78. The summed E-state index contributed by atoms with van der Waals surface area (Å²) >= 11 is 5.88. The number of likely N-dealkylation sites (tertiary alicyclic amines) is 1. The summed E-state index contributed by atoms with van der Waals surface area (Å²) in [5.41, 5.74) is 1.26. The highest BCUT2D eigenvalue weighted by molar-refractivity contribution is 6.31. The number of hydrogen-bond acceptors (Lipinski definition) is 6. The van der Waals surface area contributed by atoms with Crippen LogP contribution in [0, 0.1) is 5.82 Å². The Morgan fingerprint density at radius 3 is 2.83 bits per heavy atom. The molecular formula is C21H18ClFN6O. The molecule has 9 heteroatoms. The van der Waals surface area contributed by atoms with E-state index in [0.29, 0.717) is 29.9 Å². The monoisotopic (exact) mass is 424 g/mol. The predicted molar refractivity (Wildman–Crippen MR) is 113 cm³/mol. The molecule has 2 aromatic heterocycles. The van der Waals surface area contributed by atoms with Gasteiger partial charge in [-0.05, 0) is 36.8 Å². The first-order chi connectivity index (χ1) is 14.5. The first-order valence-corrected chi connectivity index (χ1v) is 9.90. The molecule has 7 nitrogen and oxygen atoms in total. The standard InChI is InChI=1S/C21H18ClFN6O/c1-2-17(30)29-9-8-21(29)10-28(11-21)16-7-6-15-19(27-16)20(25-12-24-15)26-14-5-3-4-13(22)18(14)23/h2-7,12H,1,8-11H2,(H,24,25,26). The van der Waals surface area contributed by atoms with E-state index in [1.54, 1.807) is 12.1 Å². The molecule has 0 saturated carbocycles. The van der Waals surface area contributed by atoms with E-state index in [9.17, 15) is 9.18 Å². The number of benzene rings is 1. The van der Waals surface area contributed by atoms with Crippen molar-refractivity contribution in [1.29, 1.82) is 0 Å². The maximum Gasteiger partial charge on any atom is 0.246 e. The summed E-state index contributed by atoms with van der Waals surface area (Å²) in [6.45, 7) is 5.77. The smallest absolute Gasteiger partial charge is 0.246 e. The van der Waals surface area contributed by atoms with Gasteiger partial charge in [0.15, 0.2) is 11.6 Å². The third kappa shape index (κ3) is 2.87. The lowest BCUT2D eigenvalue weighted by atomic mass is 9.77. The van der Waals surface area contributed by atoms with Crippen molar-refractivity contribution in [3.05, 3.63) is 60.2 Å². The summed E-state index contributed by atoms with van der Waals surface area (Å²) in [4.78, 5) is 29.2. The van der Waals surface area contributed by atoms with Crippen LogP contribution in [0.1, 0.15) is 6.42 Å². The summed E-state index contributed by atoms with van der Waals surface area (Å²) in [5, 5.41) is 3.00. The van der Waals surface area contributed by atoms with Crippen LogP contribution in [0.4, 0.5) is 21.7 Å². The Bertz CT molecular complexity index is 1180. The number of hydrogen-bond donors (Lipinski definition) is 1. The molecule has 5 rings (SSSR count). The van der Waals surface area contributed by atoms with E-state index in [2.05, 4.69) is 26.8 Å². The Balaban J connectivity index is 1.42. The number of carbonyl (C=O) groups excluding carboxylic acids is 1. The van der Waals surface area contributed by atoms with Gasteiger partial charge in [-0.2, -0.15) is 0 Å². The SMILES string of the molecule is C=CC(=O)N1CCC12CN(c1ccc3ncnc(Nc4cccc(Cl)c4F)c3n1)C2. The third-order valence-corrected chi connectivity index (χ3v) is 6.07. The maximum atomic E-state index is 14.3. The maximum absolute atomic E-state index is 14.3. The average molecular weight is 425 g/mol. The fourth-order valence-corrected chi connectivity index (χ4v) is 4.25. The number of nitrogens with one attached hydrogen (secondary N) is 1. The summed E-state index contributed by atoms with van der Waals surface area (Å²) in [7, 11) is 0. The third-order valence-electron chi connectivity index (χ3n) is 5.78. The number of amides is 1. The highest BCUT2D eigenvalue weighted by Crippen LogP contribution is 2.41. The van der Waals surface area contributed by atoms with E-state index in [4.69, 9.17) is 16.6 Å². The summed E-state index contributed by atoms with van der Waals surface area (Å²) < 4.78 is 14.3. The van der Waals surface area contributed by atoms with Crippen molar-refractivity contribution < 1.29 is 9.18 Å². The first kappa shape index (κ1) is 18.7. The predicted octanol–water partition coefficient (Wildman–Crippen LogP) is 3.54. The van der Waals surface area contributed by atoms with Gasteiger partial charge in [-0.1, -0.05) is 24.2 Å². The minimum absolute atomic E-state index is 0.0250. The Labute approximate surface area is 177 Å². The number of pyridine rings is 1. The van der Waals surface area contributed by atoms with Crippen molar-refractivity contribution >= 4 is 45.9 Å². The lowest BCUT2D eigenvalue weighted by molar-refractivity contribution is -0.144. The van der Waals surface area contributed by atoms with E-state index in [1.807, 2.05) is 17.0 Å². The van der Waals surface area contributed by atoms with Gasteiger partial charge in [0.1, 0.15) is 17.7 Å². The van der Waals surface area contributed by atoms with Gasteiger partial charge in [-0.15, -0.1) is 0 Å². The van der Waals surface area contributed by atoms with Gasteiger partial charge in [0.25, 0.3) is 0 Å². The first-order valence-electron chi connectivity index (χ1n) is 9.52. The van der Waals surface area contributed by atoms with E-state index in [-0.39, 0.29) is 22.2 Å². The average Bonchev–Trinajstić information content (AvgIpc) is 2.70. The molecule has 0 aliphatic carbocycles. The zero-order valence-corrected chi connectivity index (χ0v) is 16.7. The summed E-state index contributed by atoms with van der Waals surface area (Å²) in [5.74, 6) is 0.570. The van der Waals surface area contributed by atoms with Crippen LogP contribution in [-0.4, -0.2) is 50.9 Å². The van der Waals surface area contributed by atoms with Crippen molar-refractivity contribution in [3.8, 4) is 0 Å². The molecule has 0 atom stereocenters. The molecular weight excluding hydrogens is 407 g/mol. The number of halogens is 2. The van der Waals surface area contributed by atoms with Crippen molar-refractivity contribution in [1.82, 2.24) is 19.9 Å². The minimum Gasteiger partial charge on any atom is -0.352 e. The largest absolute Gasteiger partial charge is 0.352 e. The Morgan fingerprint density at radius 1 is 1.27 bits per heavy atom. The number of rotatable bonds is 4. The molecule has 1 spiro atoms. The molecule has 0 bridgehead atoms. The van der Waals surface area contributed by atoms with Crippen LogP contribution in [-0.2, 0) is 4.79 Å². The molecule has 3 aromatic rings. The van der Waals surface area contributed by atoms with Crippen LogP contribution < -0.4 is 10.2 Å². The molecule has 2 saturated heterocycles. The Kier molecular flexibility index (Phi) is 4.32. The number of fused-ring (bicyclic) bond motifs is 1. The van der Waals surface area contributed by atoms with Crippen LogP contribution in [0.5, 0.6) is 0 Å². The Morgan fingerprint density at radius 2 is 2.10 bits per heavy atom. The zero-order chi connectivity index (χ0) is 20.9. The Hall–Kier alpha value is -3.26. The second-order valence-corrected chi connectivity index (χ2v) is 7.92. The topological polar surface area (TPSA) is 74.2 Å². The van der Waals surface area contributed by atoms with Gasteiger partial charge in [0.05, 0.1) is 21.8 Å². The number of aromatic nitrogens is 3. The van der Waals surface area contributed by atoms with E-state index in [0.717, 1.165) is 18.8 Å². The van der Waals surface area contributed by atoms with Crippen LogP contribution in [0.3, 0.4) is 0 Å². The minimum atomic E-state index is -0.552. The van der Waals surface area contributed by atoms with Gasteiger partial charge in [-0.25, -0.2) is 19.3 Å². The molecule has 0 radical (unpaired) electrons. The molecule has 4 heterocycles. The van der Waals surface area contributed by atoms with Crippen molar-refractivity contribution in [2.24, 2.45) is 0 Å². The van der Waals surface area contributed by atoms with Gasteiger partial charge < -0.3 is 15.1 Å².